The summed E-state index contributed by atoms with van der Waals surface area (Å²) in [5.74, 6) is -0.845. The number of rotatable bonds is 9. The first-order chi connectivity index (χ1) is 11.6. The molecule has 2 aromatic rings. The van der Waals surface area contributed by atoms with Crippen molar-refractivity contribution in [1.82, 2.24) is 10.3 Å². The molecule has 0 fully saturated rings. The highest BCUT2D eigenvalue weighted by Gasteiger charge is 2.17. The van der Waals surface area contributed by atoms with Gasteiger partial charge in [-0.1, -0.05) is 43.2 Å². The fourth-order valence-electron chi connectivity index (χ4n) is 2.41. The van der Waals surface area contributed by atoms with Gasteiger partial charge >= 0.3 is 5.97 Å². The number of amides is 1. The number of carboxylic acid groups (broad SMARTS) is 1. The van der Waals surface area contributed by atoms with Crippen LogP contribution in [0.25, 0.3) is 11.3 Å². The molecule has 0 saturated carbocycles. The molecule has 1 aromatic heterocycles. The van der Waals surface area contributed by atoms with Gasteiger partial charge in [-0.25, -0.2) is 4.98 Å². The molecular weight excluding hydrogens is 324 g/mol. The SMILES string of the molecule is Cc1nc(-c2ccccc2)c(C(=O)NCCCCCCC(=O)O)s1. The van der Waals surface area contributed by atoms with Gasteiger partial charge in [0.15, 0.2) is 0 Å². The summed E-state index contributed by atoms with van der Waals surface area (Å²) < 4.78 is 0. The number of carbonyl (C=O) groups excluding carboxylic acids is 1. The average Bonchev–Trinajstić information content (AvgIpc) is 2.96. The number of nitrogens with zero attached hydrogens (tertiary/aromatic N) is 1. The van der Waals surface area contributed by atoms with Crippen molar-refractivity contribution in [2.45, 2.75) is 39.0 Å². The van der Waals surface area contributed by atoms with E-state index < -0.39 is 5.97 Å². The third-order valence-electron chi connectivity index (χ3n) is 3.59. The highest BCUT2D eigenvalue weighted by Crippen LogP contribution is 2.27. The first-order valence-electron chi connectivity index (χ1n) is 8.11. The summed E-state index contributed by atoms with van der Waals surface area (Å²) in [6.07, 6.45) is 3.55. The molecule has 0 aliphatic heterocycles. The zero-order chi connectivity index (χ0) is 17.4. The van der Waals surface area contributed by atoms with Crippen molar-refractivity contribution in [3.8, 4) is 11.3 Å². The molecule has 0 atom stereocenters. The molecule has 5 nitrogen and oxygen atoms in total. The number of carbonyl (C=O) groups is 2. The Kier molecular flexibility index (Phi) is 6.93. The average molecular weight is 346 g/mol. The topological polar surface area (TPSA) is 79.3 Å². The number of aromatic nitrogens is 1. The summed E-state index contributed by atoms with van der Waals surface area (Å²) in [5, 5.41) is 12.4. The van der Waals surface area contributed by atoms with E-state index in [1.165, 1.54) is 11.3 Å². The number of hydrogen-bond acceptors (Lipinski definition) is 4. The second-order valence-electron chi connectivity index (χ2n) is 5.59. The van der Waals surface area contributed by atoms with Crippen molar-refractivity contribution >= 4 is 23.2 Å². The predicted octanol–water partition coefficient (Wildman–Crippen LogP) is 3.88. The minimum absolute atomic E-state index is 0.0926. The maximum Gasteiger partial charge on any atom is 0.303 e. The third-order valence-corrected chi connectivity index (χ3v) is 4.56. The molecule has 0 bridgehead atoms. The molecule has 128 valence electrons. The Hall–Kier alpha value is -2.21. The molecule has 1 heterocycles. The van der Waals surface area contributed by atoms with Crippen molar-refractivity contribution < 1.29 is 14.7 Å². The maximum atomic E-state index is 12.4. The Morgan fingerprint density at radius 2 is 1.83 bits per heavy atom. The molecule has 0 aliphatic carbocycles. The smallest absolute Gasteiger partial charge is 0.303 e. The van der Waals surface area contributed by atoms with Crippen molar-refractivity contribution in [1.29, 1.82) is 0 Å². The van der Waals surface area contributed by atoms with Gasteiger partial charge in [0, 0.05) is 18.5 Å². The van der Waals surface area contributed by atoms with Gasteiger partial charge in [0.25, 0.3) is 5.91 Å². The molecule has 0 unspecified atom stereocenters. The van der Waals surface area contributed by atoms with Crippen molar-refractivity contribution in [2.24, 2.45) is 0 Å². The van der Waals surface area contributed by atoms with Crippen molar-refractivity contribution in [3.05, 3.63) is 40.2 Å². The molecule has 24 heavy (non-hydrogen) atoms. The first-order valence-corrected chi connectivity index (χ1v) is 8.92. The van der Waals surface area contributed by atoms with Crippen LogP contribution in [0.1, 0.15) is 46.8 Å². The van der Waals surface area contributed by atoms with E-state index in [0.29, 0.717) is 17.8 Å². The molecule has 2 N–H and O–H groups in total. The van der Waals surface area contributed by atoms with E-state index in [1.54, 1.807) is 0 Å². The van der Waals surface area contributed by atoms with Crippen LogP contribution in [0.15, 0.2) is 30.3 Å². The van der Waals surface area contributed by atoms with E-state index in [0.717, 1.165) is 35.5 Å². The number of thiazole rings is 1. The van der Waals surface area contributed by atoms with Crippen LogP contribution in [0.5, 0.6) is 0 Å². The van der Waals surface area contributed by atoms with Crippen LogP contribution in [-0.2, 0) is 4.79 Å². The molecule has 6 heteroatoms. The summed E-state index contributed by atoms with van der Waals surface area (Å²) in [7, 11) is 0. The summed E-state index contributed by atoms with van der Waals surface area (Å²) in [5.41, 5.74) is 1.68. The van der Waals surface area contributed by atoms with E-state index in [1.807, 2.05) is 37.3 Å². The summed E-state index contributed by atoms with van der Waals surface area (Å²) in [6, 6.07) is 9.71. The molecular formula is C18H22N2O3S. The van der Waals surface area contributed by atoms with Gasteiger partial charge in [0.2, 0.25) is 0 Å². The molecule has 0 saturated heterocycles. The number of carboxylic acids is 1. The zero-order valence-corrected chi connectivity index (χ0v) is 14.6. The fraction of sp³-hybridized carbons (Fsp3) is 0.389. The molecule has 1 aromatic carbocycles. The van der Waals surface area contributed by atoms with Crippen LogP contribution in [0, 0.1) is 6.92 Å². The van der Waals surface area contributed by atoms with Crippen LogP contribution < -0.4 is 5.32 Å². The largest absolute Gasteiger partial charge is 0.481 e. The number of nitrogens with one attached hydrogen (secondary N) is 1. The summed E-state index contributed by atoms with van der Waals surface area (Å²) in [4.78, 5) is 28.0. The highest BCUT2D eigenvalue weighted by atomic mass is 32.1. The number of aliphatic carboxylic acids is 1. The molecule has 0 spiro atoms. The van der Waals surface area contributed by atoms with Crippen LogP contribution in [0.4, 0.5) is 0 Å². The van der Waals surface area contributed by atoms with Crippen LogP contribution in [-0.4, -0.2) is 28.5 Å². The van der Waals surface area contributed by atoms with Gasteiger partial charge < -0.3 is 10.4 Å². The Morgan fingerprint density at radius 1 is 1.12 bits per heavy atom. The van der Waals surface area contributed by atoms with E-state index in [2.05, 4.69) is 10.3 Å². The van der Waals surface area contributed by atoms with Gasteiger partial charge in [-0.05, 0) is 19.8 Å². The van der Waals surface area contributed by atoms with Gasteiger partial charge in [-0.2, -0.15) is 0 Å². The van der Waals surface area contributed by atoms with E-state index in [9.17, 15) is 9.59 Å². The van der Waals surface area contributed by atoms with Crippen molar-refractivity contribution in [3.63, 3.8) is 0 Å². The van der Waals surface area contributed by atoms with Crippen LogP contribution in [0.3, 0.4) is 0 Å². The van der Waals surface area contributed by atoms with Crippen LogP contribution in [0.2, 0.25) is 0 Å². The number of benzene rings is 1. The van der Waals surface area contributed by atoms with Crippen LogP contribution >= 0.6 is 11.3 Å². The normalized spacial score (nSPS) is 10.5. The van der Waals surface area contributed by atoms with Gasteiger partial charge in [-0.15, -0.1) is 11.3 Å². The lowest BCUT2D eigenvalue weighted by atomic mass is 10.1. The first kappa shape index (κ1) is 18.1. The number of hydrogen-bond donors (Lipinski definition) is 2. The summed E-state index contributed by atoms with van der Waals surface area (Å²) >= 11 is 1.40. The quantitative estimate of drug-likeness (QED) is 0.675. The second-order valence-corrected chi connectivity index (χ2v) is 6.79. The lowest BCUT2D eigenvalue weighted by Gasteiger charge is -2.05. The minimum atomic E-state index is -0.752. The molecule has 1 amide bonds. The Bertz CT molecular complexity index is 683. The van der Waals surface area contributed by atoms with Gasteiger partial charge in [0.1, 0.15) is 4.88 Å². The van der Waals surface area contributed by atoms with E-state index in [4.69, 9.17) is 5.11 Å². The minimum Gasteiger partial charge on any atom is -0.481 e. The molecule has 0 radical (unpaired) electrons. The lowest BCUT2D eigenvalue weighted by Crippen LogP contribution is -2.24. The highest BCUT2D eigenvalue weighted by molar-refractivity contribution is 7.14. The Morgan fingerprint density at radius 3 is 2.54 bits per heavy atom. The second kappa shape index (κ2) is 9.17. The Labute approximate surface area is 145 Å². The fourth-order valence-corrected chi connectivity index (χ4v) is 3.27. The lowest BCUT2D eigenvalue weighted by molar-refractivity contribution is -0.137. The number of unbranched alkanes of at least 4 members (excludes halogenated alkanes) is 3. The standard InChI is InChI=1S/C18H22N2O3S/c1-13-20-16(14-9-5-4-6-10-14)17(24-13)18(23)19-12-8-3-2-7-11-15(21)22/h4-6,9-10H,2-3,7-8,11-12H2,1H3,(H,19,23)(H,21,22). The monoisotopic (exact) mass is 346 g/mol. The van der Waals surface area contributed by atoms with E-state index >= 15 is 0 Å². The number of aryl methyl sites for hydroxylation is 1. The van der Waals surface area contributed by atoms with E-state index in [-0.39, 0.29) is 12.3 Å². The van der Waals surface area contributed by atoms with Crippen molar-refractivity contribution in [2.75, 3.05) is 6.54 Å². The zero-order valence-electron chi connectivity index (χ0n) is 13.7. The van der Waals surface area contributed by atoms with Gasteiger partial charge in [0.05, 0.1) is 10.7 Å². The maximum absolute atomic E-state index is 12.4. The molecule has 0 aliphatic rings. The van der Waals surface area contributed by atoms with Gasteiger partial charge in [-0.3, -0.25) is 9.59 Å². The Balaban J connectivity index is 1.84. The predicted molar refractivity (Wildman–Crippen MR) is 95.3 cm³/mol. The third kappa shape index (κ3) is 5.45. The molecule has 2 rings (SSSR count). The summed E-state index contributed by atoms with van der Waals surface area (Å²) in [6.45, 7) is 2.49.